The summed E-state index contributed by atoms with van der Waals surface area (Å²) < 4.78 is 9.29. The number of thioether (sulfide) groups is 1. The zero-order chi connectivity index (χ0) is 26.4. The van der Waals surface area contributed by atoms with Crippen LogP contribution in [0.5, 0.6) is 0 Å². The summed E-state index contributed by atoms with van der Waals surface area (Å²) in [5.74, 6) is 1.67. The number of nitrogens with zero attached hydrogens (tertiary/aromatic N) is 3. The molecule has 0 spiro atoms. The van der Waals surface area contributed by atoms with E-state index in [0.717, 1.165) is 52.3 Å². The molecule has 6 nitrogen and oxygen atoms in total. The van der Waals surface area contributed by atoms with Crippen LogP contribution < -0.4 is 5.56 Å². The van der Waals surface area contributed by atoms with E-state index in [1.165, 1.54) is 22.2 Å². The van der Waals surface area contributed by atoms with Crippen LogP contribution in [0.25, 0.3) is 15.9 Å². The summed E-state index contributed by atoms with van der Waals surface area (Å²) in [6.07, 6.45) is 4.66. The first-order valence-electron chi connectivity index (χ1n) is 12.9. The largest absolute Gasteiger partial charge is 0.467 e. The number of furan rings is 1. The maximum atomic E-state index is 14.0. The lowest BCUT2D eigenvalue weighted by Gasteiger charge is -2.17. The van der Waals surface area contributed by atoms with Crippen LogP contribution in [0.15, 0.2) is 69.2 Å². The number of rotatable bonds is 7. The predicted octanol–water partition coefficient (Wildman–Crippen LogP) is 6.61. The highest BCUT2D eigenvalue weighted by Gasteiger charge is 2.26. The molecule has 1 aliphatic rings. The number of fused-ring (bicyclic) bond motifs is 3. The molecule has 5 aromatic rings. The molecule has 4 aromatic heterocycles. The molecule has 0 saturated heterocycles. The number of benzene rings is 1. The van der Waals surface area contributed by atoms with Crippen LogP contribution in [0, 0.1) is 19.8 Å². The quantitative estimate of drug-likeness (QED) is 0.131. The molecule has 0 unspecified atom stereocenters. The number of aryl methyl sites for hydroxylation is 2. The van der Waals surface area contributed by atoms with Crippen molar-refractivity contribution in [1.82, 2.24) is 14.1 Å². The lowest BCUT2D eigenvalue weighted by Crippen LogP contribution is -2.23. The lowest BCUT2D eigenvalue weighted by atomic mass is 9.89. The fourth-order valence-corrected chi connectivity index (χ4v) is 7.69. The Labute approximate surface area is 229 Å². The Morgan fingerprint density at radius 2 is 2.00 bits per heavy atom. The van der Waals surface area contributed by atoms with Crippen molar-refractivity contribution >= 4 is 39.1 Å². The van der Waals surface area contributed by atoms with Gasteiger partial charge in [-0.3, -0.25) is 14.2 Å². The number of Topliss-reactive ketones (excluding diaryl/α,β-unsaturated/α-hetero) is 1. The Hall–Kier alpha value is -3.36. The molecule has 1 atom stereocenters. The summed E-state index contributed by atoms with van der Waals surface area (Å²) >= 11 is 2.97. The number of aromatic nitrogens is 3. The summed E-state index contributed by atoms with van der Waals surface area (Å²) in [7, 11) is 0. The fraction of sp³-hybridized carbons (Fsp3) is 0.300. The second-order valence-corrected chi connectivity index (χ2v) is 12.1. The molecular formula is C30H29N3O3S2. The second kappa shape index (κ2) is 10.1. The van der Waals surface area contributed by atoms with Crippen LogP contribution in [0.2, 0.25) is 0 Å². The van der Waals surface area contributed by atoms with Gasteiger partial charge >= 0.3 is 0 Å². The summed E-state index contributed by atoms with van der Waals surface area (Å²) in [6.45, 7) is 6.82. The fourth-order valence-electron chi connectivity index (χ4n) is 5.37. The molecule has 0 radical (unpaired) electrons. The molecule has 6 rings (SSSR count). The van der Waals surface area contributed by atoms with E-state index in [9.17, 15) is 9.59 Å². The van der Waals surface area contributed by atoms with Crippen molar-refractivity contribution in [2.45, 2.75) is 51.7 Å². The van der Waals surface area contributed by atoms with E-state index in [-0.39, 0.29) is 17.1 Å². The Morgan fingerprint density at radius 3 is 2.76 bits per heavy atom. The van der Waals surface area contributed by atoms with Gasteiger partial charge in [0.1, 0.15) is 10.6 Å². The minimum Gasteiger partial charge on any atom is -0.467 e. The molecule has 0 fully saturated rings. The molecule has 4 heterocycles. The minimum atomic E-state index is -0.0418. The third kappa shape index (κ3) is 4.46. The van der Waals surface area contributed by atoms with Crippen LogP contribution in [0.4, 0.5) is 0 Å². The molecular weight excluding hydrogens is 514 g/mol. The van der Waals surface area contributed by atoms with Gasteiger partial charge in [0, 0.05) is 21.8 Å². The molecule has 8 heteroatoms. The maximum absolute atomic E-state index is 14.0. The van der Waals surface area contributed by atoms with Crippen LogP contribution in [0.1, 0.15) is 51.3 Å². The number of para-hydroxylation sites is 1. The number of hydrogen-bond donors (Lipinski definition) is 0. The van der Waals surface area contributed by atoms with Crippen LogP contribution in [-0.2, 0) is 19.4 Å². The summed E-state index contributed by atoms with van der Waals surface area (Å²) in [5, 5.41) is 1.30. The normalized spacial score (nSPS) is 15.2. The SMILES string of the molecule is Cc1cc(C(=O)CSc2nc3sc4c(c3c(=O)n2-c2ccccc2)CC[C@@H](C)C4)c(C)n1Cc1ccco1. The van der Waals surface area contributed by atoms with Crippen LogP contribution in [-0.4, -0.2) is 25.7 Å². The van der Waals surface area contributed by atoms with Crippen LogP contribution in [0.3, 0.4) is 0 Å². The third-order valence-corrected chi connectivity index (χ3v) is 9.50. The molecule has 0 bridgehead atoms. The van der Waals surface area contributed by atoms with Gasteiger partial charge in [-0.1, -0.05) is 36.9 Å². The van der Waals surface area contributed by atoms with Gasteiger partial charge < -0.3 is 8.98 Å². The number of carbonyl (C=O) groups is 1. The average Bonchev–Trinajstić information content (AvgIpc) is 3.62. The smallest absolute Gasteiger partial charge is 0.267 e. The van der Waals surface area contributed by atoms with E-state index < -0.39 is 0 Å². The molecule has 194 valence electrons. The zero-order valence-electron chi connectivity index (χ0n) is 21.7. The Morgan fingerprint density at radius 1 is 1.18 bits per heavy atom. The highest BCUT2D eigenvalue weighted by atomic mass is 32.2. The first-order chi connectivity index (χ1) is 18.4. The highest BCUT2D eigenvalue weighted by Crippen LogP contribution is 2.37. The van der Waals surface area contributed by atoms with Gasteiger partial charge in [0.25, 0.3) is 5.56 Å². The van der Waals surface area contributed by atoms with E-state index >= 15 is 0 Å². The summed E-state index contributed by atoms with van der Waals surface area (Å²) in [6, 6.07) is 15.4. The second-order valence-electron chi connectivity index (χ2n) is 10.1. The molecule has 0 amide bonds. The highest BCUT2D eigenvalue weighted by molar-refractivity contribution is 7.99. The number of carbonyl (C=O) groups excluding carboxylic acids is 1. The van der Waals surface area contributed by atoms with Crippen molar-refractivity contribution in [2.24, 2.45) is 5.92 Å². The molecule has 0 N–H and O–H groups in total. The van der Waals surface area contributed by atoms with Gasteiger partial charge in [0.2, 0.25) is 0 Å². The molecule has 38 heavy (non-hydrogen) atoms. The van der Waals surface area contributed by atoms with E-state index in [2.05, 4.69) is 11.5 Å². The molecule has 0 aliphatic heterocycles. The van der Waals surface area contributed by atoms with Crippen LogP contribution >= 0.6 is 23.1 Å². The van der Waals surface area contributed by atoms with Crippen molar-refractivity contribution in [3.05, 3.63) is 98.3 Å². The first-order valence-corrected chi connectivity index (χ1v) is 14.7. The van der Waals surface area contributed by atoms with E-state index in [1.807, 2.05) is 62.4 Å². The Bertz CT molecular complexity index is 1690. The van der Waals surface area contributed by atoms with E-state index in [0.29, 0.717) is 23.2 Å². The van der Waals surface area contributed by atoms with Crippen molar-refractivity contribution in [2.75, 3.05) is 5.75 Å². The zero-order valence-corrected chi connectivity index (χ0v) is 23.3. The van der Waals surface area contributed by atoms with E-state index in [1.54, 1.807) is 22.2 Å². The van der Waals surface area contributed by atoms with Crippen molar-refractivity contribution in [3.8, 4) is 5.69 Å². The van der Waals surface area contributed by atoms with Gasteiger partial charge in [-0.05, 0) is 74.9 Å². The van der Waals surface area contributed by atoms with Gasteiger partial charge in [0.05, 0.1) is 29.6 Å². The minimum absolute atomic E-state index is 0.0158. The van der Waals surface area contributed by atoms with Gasteiger partial charge in [0.15, 0.2) is 10.9 Å². The predicted molar refractivity (Wildman–Crippen MR) is 153 cm³/mol. The molecule has 1 aromatic carbocycles. The summed E-state index contributed by atoms with van der Waals surface area (Å²) in [5.41, 5.74) is 4.50. The Kier molecular flexibility index (Phi) is 6.61. The topological polar surface area (TPSA) is 70.0 Å². The van der Waals surface area contributed by atoms with E-state index in [4.69, 9.17) is 9.40 Å². The average molecular weight is 544 g/mol. The number of thiophene rings is 1. The maximum Gasteiger partial charge on any atom is 0.267 e. The van der Waals surface area contributed by atoms with Crippen molar-refractivity contribution in [3.63, 3.8) is 0 Å². The first kappa shape index (κ1) is 24.9. The Balaban J connectivity index is 1.35. The monoisotopic (exact) mass is 543 g/mol. The van der Waals surface area contributed by atoms with Crippen molar-refractivity contribution < 1.29 is 9.21 Å². The lowest BCUT2D eigenvalue weighted by molar-refractivity contribution is 0.102. The van der Waals surface area contributed by atoms with Gasteiger partial charge in [-0.15, -0.1) is 11.3 Å². The number of ketones is 1. The molecule has 1 aliphatic carbocycles. The summed E-state index contributed by atoms with van der Waals surface area (Å²) in [4.78, 5) is 34.4. The van der Waals surface area contributed by atoms with Crippen molar-refractivity contribution in [1.29, 1.82) is 0 Å². The van der Waals surface area contributed by atoms with Gasteiger partial charge in [-0.25, -0.2) is 4.98 Å². The molecule has 0 saturated carbocycles. The van der Waals surface area contributed by atoms with Gasteiger partial charge in [-0.2, -0.15) is 0 Å². The number of hydrogen-bond acceptors (Lipinski definition) is 6. The third-order valence-electron chi connectivity index (χ3n) is 7.41. The standard InChI is InChI=1S/C30H29N3O3S2/c1-18-11-12-23-26(14-18)38-28-27(23)29(35)33(21-8-5-4-6-9-21)30(31-28)37-17-25(34)24-15-19(2)32(20(24)3)16-22-10-7-13-36-22/h4-10,13,15,18H,11-12,14,16-17H2,1-3H3/t18-/m1/s1.